The van der Waals surface area contributed by atoms with E-state index in [1.54, 1.807) is 0 Å². The molecule has 5 nitrogen and oxygen atoms in total. The van der Waals surface area contributed by atoms with Crippen molar-refractivity contribution < 1.29 is 14.7 Å². The van der Waals surface area contributed by atoms with Crippen LogP contribution < -0.4 is 5.32 Å². The second-order valence-electron chi connectivity index (χ2n) is 7.21. The number of carboxylic acid groups (broad SMARTS) is 1. The molecule has 2 amide bonds. The molecule has 21 heavy (non-hydrogen) atoms. The molecule has 0 aromatic heterocycles. The fraction of sp³-hybridized carbons (Fsp3) is 0.875. The van der Waals surface area contributed by atoms with Crippen LogP contribution in [-0.4, -0.2) is 41.1 Å². The molecule has 1 unspecified atom stereocenters. The molecule has 0 spiro atoms. The second-order valence-corrected chi connectivity index (χ2v) is 7.21. The summed E-state index contributed by atoms with van der Waals surface area (Å²) < 4.78 is 0. The van der Waals surface area contributed by atoms with E-state index in [0.29, 0.717) is 19.0 Å². The first-order valence-electron chi connectivity index (χ1n) is 8.02. The summed E-state index contributed by atoms with van der Waals surface area (Å²) in [7, 11) is 0. The molecule has 1 fully saturated rings. The number of carboxylic acids is 1. The fourth-order valence-electron chi connectivity index (χ4n) is 3.08. The summed E-state index contributed by atoms with van der Waals surface area (Å²) in [6, 6.07) is 0.199. The number of nitrogens with one attached hydrogen (secondary N) is 1. The van der Waals surface area contributed by atoms with Crippen molar-refractivity contribution in [1.29, 1.82) is 0 Å². The first-order valence-corrected chi connectivity index (χ1v) is 8.02. The average molecular weight is 298 g/mol. The lowest BCUT2D eigenvalue weighted by molar-refractivity contribution is -0.142. The first-order chi connectivity index (χ1) is 9.74. The van der Waals surface area contributed by atoms with Crippen molar-refractivity contribution in [1.82, 2.24) is 10.2 Å². The third-order valence-electron chi connectivity index (χ3n) is 4.07. The van der Waals surface area contributed by atoms with E-state index in [1.165, 1.54) is 12.8 Å². The normalized spacial score (nSPS) is 17.5. The Labute approximate surface area is 128 Å². The number of hydrogen-bond donors (Lipinski definition) is 2. The summed E-state index contributed by atoms with van der Waals surface area (Å²) in [5, 5.41) is 12.1. The van der Waals surface area contributed by atoms with Crippen molar-refractivity contribution in [2.24, 2.45) is 11.3 Å². The van der Waals surface area contributed by atoms with E-state index in [4.69, 9.17) is 0 Å². The Hall–Kier alpha value is -1.26. The van der Waals surface area contributed by atoms with Crippen LogP contribution in [-0.2, 0) is 4.79 Å². The molecule has 122 valence electrons. The van der Waals surface area contributed by atoms with Gasteiger partial charge in [-0.2, -0.15) is 0 Å². The number of hydrogen-bond acceptors (Lipinski definition) is 2. The zero-order valence-electron chi connectivity index (χ0n) is 13.8. The Balaban J connectivity index is 2.53. The minimum atomic E-state index is -0.839. The predicted molar refractivity (Wildman–Crippen MR) is 83.2 cm³/mol. The van der Waals surface area contributed by atoms with Crippen LogP contribution in [0.15, 0.2) is 0 Å². The maximum Gasteiger partial charge on any atom is 0.317 e. The van der Waals surface area contributed by atoms with Gasteiger partial charge in [-0.1, -0.05) is 33.6 Å². The van der Waals surface area contributed by atoms with Gasteiger partial charge in [0.15, 0.2) is 0 Å². The van der Waals surface area contributed by atoms with Gasteiger partial charge in [-0.25, -0.2) is 4.79 Å². The van der Waals surface area contributed by atoms with Crippen molar-refractivity contribution in [2.45, 2.75) is 65.8 Å². The first kappa shape index (κ1) is 17.8. The van der Waals surface area contributed by atoms with E-state index in [-0.39, 0.29) is 18.0 Å². The molecule has 0 bridgehead atoms. The highest BCUT2D eigenvalue weighted by Gasteiger charge is 2.28. The van der Waals surface area contributed by atoms with Gasteiger partial charge in [0.25, 0.3) is 0 Å². The van der Waals surface area contributed by atoms with Crippen LogP contribution >= 0.6 is 0 Å². The summed E-state index contributed by atoms with van der Waals surface area (Å²) in [6.45, 7) is 8.90. The van der Waals surface area contributed by atoms with Gasteiger partial charge in [-0.05, 0) is 31.6 Å². The fourth-order valence-corrected chi connectivity index (χ4v) is 3.08. The second kappa shape index (κ2) is 7.66. The maximum absolute atomic E-state index is 12.3. The van der Waals surface area contributed by atoms with Gasteiger partial charge in [0, 0.05) is 19.1 Å². The van der Waals surface area contributed by atoms with Crippen LogP contribution in [0.3, 0.4) is 0 Å². The Morgan fingerprint density at radius 3 is 2.29 bits per heavy atom. The lowest BCUT2D eigenvalue weighted by atomic mass is 9.84. The molecule has 0 aromatic carbocycles. The summed E-state index contributed by atoms with van der Waals surface area (Å²) in [5.41, 5.74) is -0.0658. The monoisotopic (exact) mass is 298 g/mol. The van der Waals surface area contributed by atoms with Crippen LogP contribution in [0.4, 0.5) is 4.79 Å². The predicted octanol–water partition coefficient (Wildman–Crippen LogP) is 3.10. The van der Waals surface area contributed by atoms with E-state index in [0.717, 1.165) is 12.8 Å². The highest BCUT2D eigenvalue weighted by atomic mass is 16.4. The minimum Gasteiger partial charge on any atom is -0.481 e. The van der Waals surface area contributed by atoms with E-state index in [1.807, 2.05) is 32.6 Å². The van der Waals surface area contributed by atoms with Gasteiger partial charge >= 0.3 is 12.0 Å². The van der Waals surface area contributed by atoms with Crippen molar-refractivity contribution in [3.8, 4) is 0 Å². The molecule has 5 heteroatoms. The summed E-state index contributed by atoms with van der Waals surface area (Å²) in [6.07, 6.45) is 5.03. The molecule has 1 saturated carbocycles. The summed E-state index contributed by atoms with van der Waals surface area (Å²) >= 11 is 0. The minimum absolute atomic E-state index is 0.0658. The molecule has 0 aliphatic heterocycles. The zero-order chi connectivity index (χ0) is 16.0. The summed E-state index contributed by atoms with van der Waals surface area (Å²) in [5.74, 6) is -1.37. The van der Waals surface area contributed by atoms with E-state index in [2.05, 4.69) is 5.32 Å². The number of carbonyl (C=O) groups excluding carboxylic acids is 1. The third kappa shape index (κ3) is 5.94. The molecular weight excluding hydrogens is 268 g/mol. The van der Waals surface area contributed by atoms with Crippen LogP contribution in [0.25, 0.3) is 0 Å². The Morgan fingerprint density at radius 1 is 1.29 bits per heavy atom. The van der Waals surface area contributed by atoms with Crippen molar-refractivity contribution >= 4 is 12.0 Å². The molecular formula is C16H30N2O3. The van der Waals surface area contributed by atoms with Crippen LogP contribution in [0, 0.1) is 11.3 Å². The highest BCUT2D eigenvalue weighted by Crippen LogP contribution is 2.25. The van der Waals surface area contributed by atoms with Crippen molar-refractivity contribution in [3.05, 3.63) is 0 Å². The van der Waals surface area contributed by atoms with Crippen molar-refractivity contribution in [3.63, 3.8) is 0 Å². The van der Waals surface area contributed by atoms with Crippen molar-refractivity contribution in [2.75, 3.05) is 13.1 Å². The number of rotatable bonds is 6. The molecule has 2 N–H and O–H groups in total. The number of urea groups is 1. The van der Waals surface area contributed by atoms with Gasteiger partial charge in [-0.3, -0.25) is 4.79 Å². The maximum atomic E-state index is 12.3. The lowest BCUT2D eigenvalue weighted by Gasteiger charge is -2.29. The molecule has 1 rings (SSSR count). The molecule has 0 aromatic rings. The standard InChI is InChI=1S/C16H30N2O3/c1-5-18(13-8-6-7-9-13)15(21)17-11-12(14(19)20)10-16(2,3)4/h12-13H,5-11H2,1-4H3,(H,17,21)(H,19,20). The Morgan fingerprint density at radius 2 is 1.86 bits per heavy atom. The van der Waals surface area contributed by atoms with Gasteiger partial charge in [0.2, 0.25) is 0 Å². The van der Waals surface area contributed by atoms with E-state index in [9.17, 15) is 14.7 Å². The third-order valence-corrected chi connectivity index (χ3v) is 4.07. The van der Waals surface area contributed by atoms with Crippen LogP contribution in [0.5, 0.6) is 0 Å². The summed E-state index contributed by atoms with van der Waals surface area (Å²) in [4.78, 5) is 25.4. The van der Waals surface area contributed by atoms with Crippen LogP contribution in [0.2, 0.25) is 0 Å². The van der Waals surface area contributed by atoms with E-state index < -0.39 is 11.9 Å². The topological polar surface area (TPSA) is 69.6 Å². The van der Waals surface area contributed by atoms with Crippen LogP contribution in [0.1, 0.15) is 59.8 Å². The molecule has 1 aliphatic carbocycles. The largest absolute Gasteiger partial charge is 0.481 e. The number of carbonyl (C=O) groups is 2. The number of amides is 2. The molecule has 1 atom stereocenters. The quantitative estimate of drug-likeness (QED) is 0.791. The number of aliphatic carboxylic acids is 1. The Bertz CT molecular complexity index is 357. The lowest BCUT2D eigenvalue weighted by Crippen LogP contribution is -2.47. The highest BCUT2D eigenvalue weighted by molar-refractivity contribution is 5.76. The zero-order valence-corrected chi connectivity index (χ0v) is 13.8. The van der Waals surface area contributed by atoms with Gasteiger partial charge in [-0.15, -0.1) is 0 Å². The number of nitrogens with zero attached hydrogens (tertiary/aromatic N) is 1. The molecule has 0 heterocycles. The van der Waals surface area contributed by atoms with E-state index >= 15 is 0 Å². The molecule has 1 aliphatic rings. The molecule has 0 radical (unpaired) electrons. The smallest absolute Gasteiger partial charge is 0.317 e. The SMILES string of the molecule is CCN(C(=O)NCC(CC(C)(C)C)C(=O)O)C1CCCC1. The van der Waals surface area contributed by atoms with Gasteiger partial charge in [0.1, 0.15) is 0 Å². The Kier molecular flexibility index (Phi) is 6.49. The average Bonchev–Trinajstić information content (AvgIpc) is 2.87. The van der Waals surface area contributed by atoms with Gasteiger partial charge in [0.05, 0.1) is 5.92 Å². The molecule has 0 saturated heterocycles. The van der Waals surface area contributed by atoms with Gasteiger partial charge < -0.3 is 15.3 Å².